The molecule has 35 aromatic rings. The van der Waals surface area contributed by atoms with Gasteiger partial charge in [0.05, 0.1) is 0 Å². The molecule has 0 saturated carbocycles. The van der Waals surface area contributed by atoms with Crippen LogP contribution >= 0.6 is 0 Å². The first-order valence-corrected chi connectivity index (χ1v) is 35.1. The Morgan fingerprint density at radius 2 is 0.326 bits per heavy atom. The minimum absolute atomic E-state index is 0.805. The molecule has 2 bridgehead atoms. The second-order valence-corrected chi connectivity index (χ2v) is 32.9. The molecule has 6 heterocycles. The third kappa shape index (κ3) is 2.40. The zero-order chi connectivity index (χ0) is 57.2. The van der Waals surface area contributed by atoms with E-state index in [9.17, 15) is 4.74 Å². The van der Waals surface area contributed by atoms with Crippen molar-refractivity contribution < 1.29 is 4.74 Å². The monoisotopic (exact) mass is 1180 g/mol. The Morgan fingerprint density at radius 3 is 0.474 bits per heavy atom. The molecule has 4 aliphatic heterocycles. The summed E-state index contributed by atoms with van der Waals surface area (Å²) in [7, 11) is 0. The van der Waals surface area contributed by atoms with Crippen LogP contribution in [0.2, 0.25) is 0 Å². The van der Waals surface area contributed by atoms with Gasteiger partial charge in [-0.15, -0.1) is 0 Å². The van der Waals surface area contributed by atoms with Crippen molar-refractivity contribution in [2.24, 2.45) is 0 Å². The van der Waals surface area contributed by atoms with E-state index >= 15 is 0 Å². The van der Waals surface area contributed by atoms with Crippen LogP contribution in [0.5, 0.6) is 0 Å². The van der Waals surface area contributed by atoms with E-state index in [4.69, 9.17) is 19.9 Å². The largest absolute Gasteiger partial charge is 0.338 e. The molecule has 0 radical (unpaired) electrons. The van der Waals surface area contributed by atoms with Crippen LogP contribution in [0.25, 0.3) is 345 Å². The number of hydrogen-bond acceptors (Lipinski definition) is 9. The van der Waals surface area contributed by atoms with E-state index in [-0.39, 0.29) is 0 Å². The van der Waals surface area contributed by atoms with Crippen LogP contribution in [0, 0.1) is 0 Å². The Hall–Kier alpha value is -11.2. The smallest absolute Gasteiger partial charge is 0.225 e. The predicted molar refractivity (Wildman–Crippen MR) is 390 cm³/mol. The zero-order valence-electron chi connectivity index (χ0n) is 49.1. The van der Waals surface area contributed by atoms with Crippen LogP contribution in [0.3, 0.4) is 0 Å². The maximum Gasteiger partial charge on any atom is 0.225 e. The van der Waals surface area contributed by atoms with Gasteiger partial charge in [0.25, 0.3) is 0 Å². The molecular formula is C86H22N8O. The van der Waals surface area contributed by atoms with Gasteiger partial charge < -0.3 is 14.5 Å². The number of ether oxygens (including phenoxy) is 1. The standard InChI is InChI=1S/C86H22N8O/c1-3-87-83(88-4-1)91-7-11-93(12-8-91)85-79-71-63-53-43-36-27-21-15-16-18-20-19-17(15)23-30-25(19)34-35-26(20)31-24(18)33-29(22(16)27)38-44(36)54(53)64-58-48(38)40(33)50-42(31)52-46(35)56-55-45(34)51-41(30)49-39-32(23)28(21)37(43)47(39)57(63)67-61(49)69-59(51)65(55)73-74-66(56)60(52)70-62(50)68(58)76(80(85)72(64)71)78(70)82(74)86(95-85,81(73)77(69)75(67)79)94-13-9-92(10-14-94)84-89-5-2-6-90-84/h1-6H,7-14H2. The quantitative estimate of drug-likeness (QED) is 0.127. The first kappa shape index (κ1) is 38.1. The average Bonchev–Trinajstić information content (AvgIpc) is 1.39. The van der Waals surface area contributed by atoms with Gasteiger partial charge in [0, 0.05) is 99.4 Å². The molecule has 2 fully saturated rings. The minimum atomic E-state index is -1.00. The van der Waals surface area contributed by atoms with E-state index < -0.39 is 11.4 Å². The van der Waals surface area contributed by atoms with Crippen LogP contribution in [-0.2, 0) is 16.2 Å². The molecule has 6 aliphatic rings. The lowest BCUT2D eigenvalue weighted by molar-refractivity contribution is -0.251. The molecule has 0 atom stereocenters. The average molecular weight is 1180 g/mol. The minimum Gasteiger partial charge on any atom is -0.338 e. The molecule has 95 heavy (non-hydrogen) atoms. The fourth-order valence-corrected chi connectivity index (χ4v) is 30.6. The number of hydrogen-bond donors (Lipinski definition) is 0. The summed E-state index contributed by atoms with van der Waals surface area (Å²) in [6, 6.07) is 3.94. The molecule has 9 heteroatoms. The number of anilines is 2. The third-order valence-corrected chi connectivity index (χ3v) is 31.8. The SMILES string of the molecule is c1cnc(N2CCN(C34OC5(N6CCN(c7ncccn7)CC6)c6c7c8c3c3c9c4c4c%10c5c5c6c6c%11c7c7c8c8c3c3c%12c9c9c4c4c%10c%10c5c5c6c6c%11c%11c7c7c8c8c3c3c%12c%12c9c9c4c4c%10c5c5c6c6c%11c%10c7c8c7c3c3c%12c9c8c4c5c4c6c%10c7c3c84)CC2)nc1. The first-order valence-electron chi connectivity index (χ1n) is 35.1. The number of piperazine rings is 2. The van der Waals surface area contributed by atoms with Crippen molar-refractivity contribution >= 4 is 357 Å². The Balaban J connectivity index is 0.922. The van der Waals surface area contributed by atoms with Gasteiger partial charge in [-0.3, -0.25) is 9.80 Å². The molecule has 33 aromatic carbocycles. The van der Waals surface area contributed by atoms with Crippen LogP contribution in [0.15, 0.2) is 36.9 Å². The highest BCUT2D eigenvalue weighted by atomic mass is 16.6. The van der Waals surface area contributed by atoms with Crippen molar-refractivity contribution in [1.82, 2.24) is 29.7 Å². The zero-order valence-corrected chi connectivity index (χ0v) is 49.1. The summed E-state index contributed by atoms with van der Waals surface area (Å²) in [5.74, 6) is 1.66. The Labute approximate surface area is 520 Å². The van der Waals surface area contributed by atoms with Gasteiger partial charge in [0.15, 0.2) is 11.4 Å². The molecule has 0 amide bonds. The van der Waals surface area contributed by atoms with Crippen LogP contribution in [0.4, 0.5) is 11.9 Å². The van der Waals surface area contributed by atoms with Crippen molar-refractivity contribution in [3.63, 3.8) is 0 Å². The van der Waals surface area contributed by atoms with Gasteiger partial charge in [-0.25, -0.2) is 19.9 Å². The number of nitrogens with zero attached hydrogens (tertiary/aromatic N) is 8. The molecule has 412 valence electrons. The van der Waals surface area contributed by atoms with Crippen molar-refractivity contribution in [1.29, 1.82) is 0 Å². The van der Waals surface area contributed by atoms with E-state index in [0.29, 0.717) is 0 Å². The van der Waals surface area contributed by atoms with Gasteiger partial charge >= 0.3 is 0 Å². The predicted octanol–water partition coefficient (Wildman–Crippen LogP) is 19.3. The first-order chi connectivity index (χ1) is 47.3. The van der Waals surface area contributed by atoms with Crippen LogP contribution in [0.1, 0.15) is 22.3 Å². The Morgan fingerprint density at radius 1 is 0.189 bits per heavy atom. The second-order valence-electron chi connectivity index (χ2n) is 32.9. The summed E-state index contributed by atoms with van der Waals surface area (Å²) in [6.45, 7) is 6.45. The Kier molecular flexibility index (Phi) is 3.80. The second kappa shape index (κ2) is 9.48. The highest BCUT2D eigenvalue weighted by molar-refractivity contribution is 6.83. The van der Waals surface area contributed by atoms with E-state index in [1.807, 2.05) is 36.9 Å². The molecular weight excluding hydrogens is 1160 g/mol. The number of benzene rings is 23. The lowest BCUT2D eigenvalue weighted by Gasteiger charge is -2.53. The lowest BCUT2D eigenvalue weighted by atomic mass is 9.78. The number of rotatable bonds is 4. The summed E-state index contributed by atoms with van der Waals surface area (Å²) in [5, 5.41) is 102. The van der Waals surface area contributed by atoms with Gasteiger partial charge in [-0.05, 0) is 357 Å². The van der Waals surface area contributed by atoms with Gasteiger partial charge in [0.2, 0.25) is 11.9 Å². The van der Waals surface area contributed by atoms with Crippen LogP contribution < -0.4 is 9.80 Å². The van der Waals surface area contributed by atoms with Crippen molar-refractivity contribution in [2.45, 2.75) is 11.4 Å². The molecule has 0 N–H and O–H groups in total. The molecule has 9 nitrogen and oxygen atoms in total. The lowest BCUT2D eigenvalue weighted by Crippen LogP contribution is -2.63. The van der Waals surface area contributed by atoms with Crippen molar-refractivity contribution in [2.75, 3.05) is 62.2 Å². The fraction of sp³-hybridized carbons (Fsp3) is 0.116. The summed E-state index contributed by atoms with van der Waals surface area (Å²) < 4.78 is 9.91. The summed E-state index contributed by atoms with van der Waals surface area (Å²) >= 11 is 0. The van der Waals surface area contributed by atoms with E-state index in [1.54, 1.807) is 323 Å². The van der Waals surface area contributed by atoms with Crippen molar-refractivity contribution in [3.05, 3.63) is 59.2 Å². The fourth-order valence-electron chi connectivity index (χ4n) is 30.6. The highest BCUT2D eigenvalue weighted by Crippen LogP contribution is 2.83. The number of aromatic nitrogens is 4. The molecule has 0 spiro atoms. The summed E-state index contributed by atoms with van der Waals surface area (Å²) in [5.41, 5.74) is 3.96. The third-order valence-electron chi connectivity index (χ3n) is 31.8. The van der Waals surface area contributed by atoms with Gasteiger partial charge in [-0.1, -0.05) is 0 Å². The van der Waals surface area contributed by atoms with E-state index in [2.05, 4.69) is 19.6 Å². The summed E-state index contributed by atoms with van der Waals surface area (Å²) in [6.07, 6.45) is 7.74. The van der Waals surface area contributed by atoms with Crippen molar-refractivity contribution in [3.8, 4) is 0 Å². The Bertz CT molecular complexity index is 9260. The maximum atomic E-state index is 9.91. The molecule has 0 unspecified atom stereocenters. The van der Waals surface area contributed by atoms with Crippen LogP contribution in [-0.4, -0.2) is 82.1 Å². The van der Waals surface area contributed by atoms with Gasteiger partial charge in [0.1, 0.15) is 0 Å². The highest BCUT2D eigenvalue weighted by Gasteiger charge is 2.67. The molecule has 2 aliphatic carbocycles. The molecule has 2 aromatic heterocycles. The normalized spacial score (nSPS) is 22.3. The van der Waals surface area contributed by atoms with E-state index in [1.165, 1.54) is 43.8 Å². The van der Waals surface area contributed by atoms with Gasteiger partial charge in [-0.2, -0.15) is 0 Å². The molecule has 41 rings (SSSR count). The molecule has 2 saturated heterocycles. The van der Waals surface area contributed by atoms with E-state index in [0.717, 1.165) is 64.3 Å². The maximum absolute atomic E-state index is 9.91. The topological polar surface area (TPSA) is 73.8 Å². The summed E-state index contributed by atoms with van der Waals surface area (Å²) in [4.78, 5) is 30.8.